The van der Waals surface area contributed by atoms with Crippen LogP contribution in [0.4, 0.5) is 0 Å². The molecular weight excluding hydrogens is 172 g/mol. The summed E-state index contributed by atoms with van der Waals surface area (Å²) in [5.74, 6) is 0. The van der Waals surface area contributed by atoms with Gasteiger partial charge in [0.25, 0.3) is 0 Å². The number of hydrogen-bond acceptors (Lipinski definition) is 0. The fourth-order valence-electron chi connectivity index (χ4n) is 1.41. The third-order valence-corrected chi connectivity index (χ3v) is 3.02. The number of hydrogen-bond donors (Lipinski definition) is 0. The largest absolute Gasteiger partial charge is 0.331 e. The van der Waals surface area contributed by atoms with Crippen molar-refractivity contribution in [1.29, 1.82) is 0 Å². The molecule has 0 rings (SSSR count). The summed E-state index contributed by atoms with van der Waals surface area (Å²) in [6.07, 6.45) is 4.07. The van der Waals surface area contributed by atoms with E-state index in [1.165, 1.54) is 25.8 Å². The highest BCUT2D eigenvalue weighted by Gasteiger charge is 2.17. The third kappa shape index (κ3) is 7.34. The van der Waals surface area contributed by atoms with Gasteiger partial charge < -0.3 is 8.97 Å². The van der Waals surface area contributed by atoms with E-state index >= 15 is 0 Å². The van der Waals surface area contributed by atoms with Crippen molar-refractivity contribution in [1.82, 2.24) is 0 Å². The first-order valence-electron chi connectivity index (χ1n) is 5.74. The second-order valence-electron chi connectivity index (χ2n) is 6.47. The Morgan fingerprint density at radius 1 is 0.857 bits per heavy atom. The maximum absolute atomic E-state index is 2.35. The first kappa shape index (κ1) is 13.9. The smallest absolute Gasteiger partial charge is 0.0855 e. The molecule has 2 nitrogen and oxygen atoms in total. The van der Waals surface area contributed by atoms with Crippen LogP contribution in [0.3, 0.4) is 0 Å². The average Bonchev–Trinajstić information content (AvgIpc) is 1.93. The molecule has 0 saturated heterocycles. The summed E-state index contributed by atoms with van der Waals surface area (Å²) in [4.78, 5) is 0. The molecule has 0 radical (unpaired) electrons. The van der Waals surface area contributed by atoms with Gasteiger partial charge in [0.05, 0.1) is 54.9 Å². The molecule has 0 aliphatic heterocycles. The van der Waals surface area contributed by atoms with Crippen molar-refractivity contribution in [2.24, 2.45) is 0 Å². The molecule has 0 aromatic rings. The maximum Gasteiger partial charge on any atom is 0.0855 e. The van der Waals surface area contributed by atoms with E-state index in [0.717, 1.165) is 15.0 Å². The Labute approximate surface area is 90.7 Å². The van der Waals surface area contributed by atoms with Gasteiger partial charge in [0.2, 0.25) is 0 Å². The van der Waals surface area contributed by atoms with Gasteiger partial charge in [-0.2, -0.15) is 0 Å². The van der Waals surface area contributed by atoms with Crippen LogP contribution in [0.15, 0.2) is 0 Å². The second-order valence-corrected chi connectivity index (χ2v) is 6.47. The molecule has 14 heavy (non-hydrogen) atoms. The molecule has 86 valence electrons. The van der Waals surface area contributed by atoms with Crippen LogP contribution in [0.2, 0.25) is 0 Å². The van der Waals surface area contributed by atoms with Gasteiger partial charge in [0.1, 0.15) is 0 Å². The van der Waals surface area contributed by atoms with Crippen LogP contribution in [0, 0.1) is 0 Å². The van der Waals surface area contributed by atoms with Gasteiger partial charge in [0.15, 0.2) is 0 Å². The van der Waals surface area contributed by atoms with Crippen molar-refractivity contribution in [3.05, 3.63) is 0 Å². The van der Waals surface area contributed by atoms with Crippen molar-refractivity contribution in [3.63, 3.8) is 0 Å². The summed E-state index contributed by atoms with van der Waals surface area (Å²) < 4.78 is 2.18. The first-order chi connectivity index (χ1) is 6.13. The van der Waals surface area contributed by atoms with E-state index in [1.807, 2.05) is 0 Å². The van der Waals surface area contributed by atoms with Crippen molar-refractivity contribution in [3.8, 4) is 0 Å². The van der Waals surface area contributed by atoms with Crippen molar-refractivity contribution in [2.45, 2.75) is 32.2 Å². The second kappa shape index (κ2) is 5.13. The Kier molecular flexibility index (Phi) is 5.10. The zero-order chi connectivity index (χ0) is 11.4. The van der Waals surface area contributed by atoms with E-state index in [4.69, 9.17) is 0 Å². The number of nitrogens with zero attached hydrogens (tertiary/aromatic N) is 2. The predicted molar refractivity (Wildman–Crippen MR) is 64.2 cm³/mol. The Balaban J connectivity index is 3.56. The molecule has 2 heteroatoms. The summed E-state index contributed by atoms with van der Waals surface area (Å²) in [7, 11) is 13.6. The van der Waals surface area contributed by atoms with E-state index in [1.54, 1.807) is 0 Å². The molecule has 0 heterocycles. The molecule has 0 amide bonds. The number of unbranched alkanes of at least 4 members (excludes halogenated alkanes) is 1. The molecule has 0 aliphatic rings. The third-order valence-electron chi connectivity index (χ3n) is 3.02. The van der Waals surface area contributed by atoms with Crippen LogP contribution in [0.1, 0.15) is 26.2 Å². The van der Waals surface area contributed by atoms with Crippen LogP contribution in [0.25, 0.3) is 0 Å². The molecule has 1 unspecified atom stereocenters. The lowest BCUT2D eigenvalue weighted by Gasteiger charge is -2.32. The van der Waals surface area contributed by atoms with Gasteiger partial charge in [-0.1, -0.05) is 0 Å². The Hall–Kier alpha value is -0.0800. The standard InChI is InChI=1S/C12H30N2/c1-12(14(5,6)7)10-8-9-11-13(2,3)4/h12H,8-11H2,1-7H3/q+2. The lowest BCUT2D eigenvalue weighted by Crippen LogP contribution is -2.43. The lowest BCUT2D eigenvalue weighted by molar-refractivity contribution is -0.894. The van der Waals surface area contributed by atoms with Crippen LogP contribution in [-0.2, 0) is 0 Å². The molecule has 0 aliphatic carbocycles. The topological polar surface area (TPSA) is 0 Å². The summed E-state index contributed by atoms with van der Waals surface area (Å²) in [5, 5.41) is 0. The Morgan fingerprint density at radius 2 is 1.36 bits per heavy atom. The number of rotatable bonds is 6. The first-order valence-corrected chi connectivity index (χ1v) is 5.74. The molecule has 0 spiro atoms. The van der Waals surface area contributed by atoms with Gasteiger partial charge >= 0.3 is 0 Å². The summed E-state index contributed by atoms with van der Waals surface area (Å²) in [6.45, 7) is 3.65. The van der Waals surface area contributed by atoms with Crippen LogP contribution in [-0.4, -0.2) is 63.8 Å². The van der Waals surface area contributed by atoms with E-state index in [-0.39, 0.29) is 0 Å². The van der Waals surface area contributed by atoms with E-state index < -0.39 is 0 Å². The van der Waals surface area contributed by atoms with Crippen LogP contribution in [0.5, 0.6) is 0 Å². The summed E-state index contributed by atoms with van der Waals surface area (Å²) in [5.41, 5.74) is 0. The molecule has 0 bridgehead atoms. The predicted octanol–water partition coefficient (Wildman–Crippen LogP) is 1.96. The lowest BCUT2D eigenvalue weighted by atomic mass is 10.1. The zero-order valence-corrected chi connectivity index (χ0v) is 11.3. The van der Waals surface area contributed by atoms with Gasteiger partial charge in [0, 0.05) is 0 Å². The zero-order valence-electron chi connectivity index (χ0n) is 11.3. The van der Waals surface area contributed by atoms with Gasteiger partial charge in [-0.25, -0.2) is 0 Å². The highest BCUT2D eigenvalue weighted by atomic mass is 15.3. The Morgan fingerprint density at radius 3 is 1.71 bits per heavy atom. The molecule has 0 saturated carbocycles. The van der Waals surface area contributed by atoms with Crippen molar-refractivity contribution < 1.29 is 8.97 Å². The van der Waals surface area contributed by atoms with Crippen molar-refractivity contribution in [2.75, 3.05) is 48.8 Å². The van der Waals surface area contributed by atoms with E-state index in [9.17, 15) is 0 Å². The van der Waals surface area contributed by atoms with Gasteiger partial charge in [-0.3, -0.25) is 0 Å². The molecule has 0 aromatic heterocycles. The molecule has 0 aromatic carbocycles. The molecule has 1 atom stereocenters. The fraction of sp³-hybridized carbons (Fsp3) is 1.00. The average molecular weight is 202 g/mol. The SMILES string of the molecule is CC(CCCC[N+](C)(C)C)[N+](C)(C)C. The summed E-state index contributed by atoms with van der Waals surface area (Å²) >= 11 is 0. The Bertz CT molecular complexity index is 151. The normalized spacial score (nSPS) is 15.6. The van der Waals surface area contributed by atoms with Crippen LogP contribution >= 0.6 is 0 Å². The van der Waals surface area contributed by atoms with E-state index in [2.05, 4.69) is 49.2 Å². The minimum atomic E-state index is 0.780. The molecule has 0 N–H and O–H groups in total. The quantitative estimate of drug-likeness (QED) is 0.456. The highest BCUT2D eigenvalue weighted by Crippen LogP contribution is 2.11. The fourth-order valence-corrected chi connectivity index (χ4v) is 1.41. The van der Waals surface area contributed by atoms with Crippen LogP contribution < -0.4 is 0 Å². The minimum Gasteiger partial charge on any atom is -0.331 e. The number of quaternary nitrogens is 2. The molecular formula is C12H30N2+2. The van der Waals surface area contributed by atoms with Gasteiger partial charge in [-0.05, 0) is 26.2 Å². The summed E-state index contributed by atoms with van der Waals surface area (Å²) in [6, 6.07) is 0.780. The maximum atomic E-state index is 2.35. The van der Waals surface area contributed by atoms with Crippen molar-refractivity contribution >= 4 is 0 Å². The van der Waals surface area contributed by atoms with Gasteiger partial charge in [-0.15, -0.1) is 0 Å². The molecule has 0 fully saturated rings. The minimum absolute atomic E-state index is 0.780. The van der Waals surface area contributed by atoms with E-state index in [0.29, 0.717) is 0 Å². The highest BCUT2D eigenvalue weighted by molar-refractivity contribution is 4.50. The monoisotopic (exact) mass is 202 g/mol.